The lowest BCUT2D eigenvalue weighted by atomic mass is 9.80. The zero-order chi connectivity index (χ0) is 22.8. The van der Waals surface area contributed by atoms with Gasteiger partial charge in [-0.15, -0.1) is 0 Å². The summed E-state index contributed by atoms with van der Waals surface area (Å²) in [6.45, 7) is 0. The minimum Gasteiger partial charge on any atom is -0.302 e. The van der Waals surface area contributed by atoms with Gasteiger partial charge in [-0.25, -0.2) is 0 Å². The molecule has 4 rings (SSSR count). The van der Waals surface area contributed by atoms with Gasteiger partial charge in [0.2, 0.25) is 0 Å². The average molecular weight is 437 g/mol. The van der Waals surface area contributed by atoms with E-state index in [1.807, 2.05) is 42.5 Å². The topological polar surface area (TPSA) is 115 Å². The van der Waals surface area contributed by atoms with Crippen molar-refractivity contribution in [1.29, 1.82) is 0 Å². The van der Waals surface area contributed by atoms with Crippen molar-refractivity contribution in [3.8, 4) is 0 Å². The van der Waals surface area contributed by atoms with Crippen LogP contribution in [0.2, 0.25) is 0 Å². The number of carbonyl (C=O) groups excluding carboxylic acids is 1. The molecule has 0 spiro atoms. The number of nitro benzene ring substituents is 2. The molecule has 32 heavy (non-hydrogen) atoms. The molecule has 1 fully saturated rings. The lowest BCUT2D eigenvalue weighted by Crippen LogP contribution is -2.46. The van der Waals surface area contributed by atoms with Gasteiger partial charge in [-0.1, -0.05) is 54.6 Å². The molecule has 1 saturated heterocycles. The smallest absolute Gasteiger partial charge is 0.302 e. The summed E-state index contributed by atoms with van der Waals surface area (Å²) in [7, 11) is 0. The molecule has 164 valence electrons. The summed E-state index contributed by atoms with van der Waals surface area (Å²) in [5.74, 6) is -2.48. The van der Waals surface area contributed by atoms with E-state index in [9.17, 15) is 29.4 Å². The Labute approximate surface area is 182 Å². The summed E-state index contributed by atoms with van der Waals surface area (Å²) in [5.41, 5.74) is -0.787. The molecule has 0 bridgehead atoms. The highest BCUT2D eigenvalue weighted by Gasteiger charge is 2.36. The Balaban J connectivity index is 1.63. The first-order valence-electron chi connectivity index (χ1n) is 10.2. The summed E-state index contributed by atoms with van der Waals surface area (Å²) >= 11 is 0. The van der Waals surface area contributed by atoms with Gasteiger partial charge in [-0.3, -0.25) is 25.0 Å². The fraction of sp³-hybridized carbons (Fsp3) is 0.261. The maximum absolute atomic E-state index is 14.5. The van der Waals surface area contributed by atoms with E-state index >= 15 is 0 Å². The van der Waals surface area contributed by atoms with Crippen LogP contribution in [0.15, 0.2) is 66.8 Å². The molecule has 1 heterocycles. The molecule has 0 aromatic heterocycles. The Morgan fingerprint density at radius 1 is 0.969 bits per heavy atom. The van der Waals surface area contributed by atoms with E-state index in [4.69, 9.17) is 0 Å². The van der Waals surface area contributed by atoms with Gasteiger partial charge in [0.1, 0.15) is 5.78 Å². The fourth-order valence-electron chi connectivity index (χ4n) is 4.36. The highest BCUT2D eigenvalue weighted by Crippen LogP contribution is 2.38. The second kappa shape index (κ2) is 8.80. The van der Waals surface area contributed by atoms with Crippen LogP contribution in [0.1, 0.15) is 35.9 Å². The molecule has 2 aromatic rings. The molecular weight excluding hydrogens is 417 g/mol. The predicted molar refractivity (Wildman–Crippen MR) is 115 cm³/mol. The highest BCUT2D eigenvalue weighted by atomic mass is 19.1. The third-order valence-electron chi connectivity index (χ3n) is 5.95. The van der Waals surface area contributed by atoms with Crippen LogP contribution in [-0.4, -0.2) is 21.7 Å². The minimum absolute atomic E-state index is 0.0357. The number of nitrogens with one attached hydrogen (secondary N) is 1. The van der Waals surface area contributed by atoms with Gasteiger partial charge in [0, 0.05) is 36.1 Å². The highest BCUT2D eigenvalue weighted by molar-refractivity contribution is 5.85. The van der Waals surface area contributed by atoms with Gasteiger partial charge in [0.25, 0.3) is 5.82 Å². The first-order valence-corrected chi connectivity index (χ1v) is 10.2. The number of Topliss-reactive ketones (excluding diaryl/α,β-unsaturated/α-hetero) is 1. The van der Waals surface area contributed by atoms with Gasteiger partial charge in [-0.05, 0) is 18.1 Å². The Bertz CT molecular complexity index is 1130. The van der Waals surface area contributed by atoms with Crippen molar-refractivity contribution in [2.45, 2.75) is 30.8 Å². The summed E-state index contributed by atoms with van der Waals surface area (Å²) in [4.78, 5) is 33.5. The number of allylic oxidation sites excluding steroid dienone is 2. The van der Waals surface area contributed by atoms with Gasteiger partial charge in [0.05, 0.1) is 15.8 Å². The number of halogens is 1. The normalized spacial score (nSPS) is 25.0. The standard InChI is InChI=1S/C23H20FN3O5/c24-22-20(26(29)30)12-11-16(23(22)27(31)32)14-7-4-8-18-17(10-9-14)21(28)13-19(25-18)15-5-2-1-3-6-15/h1-6,8-12,14,17-19,25H,7,13H2. The van der Waals surface area contributed by atoms with Gasteiger partial charge in [-0.2, -0.15) is 4.39 Å². The van der Waals surface area contributed by atoms with Crippen LogP contribution in [-0.2, 0) is 4.79 Å². The summed E-state index contributed by atoms with van der Waals surface area (Å²) < 4.78 is 14.5. The largest absolute Gasteiger partial charge is 0.315 e. The van der Waals surface area contributed by atoms with Gasteiger partial charge in [0.15, 0.2) is 0 Å². The van der Waals surface area contributed by atoms with Crippen molar-refractivity contribution in [3.05, 3.63) is 104 Å². The first kappa shape index (κ1) is 21.5. The van der Waals surface area contributed by atoms with Crippen LogP contribution in [0.4, 0.5) is 15.8 Å². The number of benzene rings is 2. The van der Waals surface area contributed by atoms with E-state index in [0.29, 0.717) is 12.8 Å². The minimum atomic E-state index is -1.46. The number of hydrogen-bond acceptors (Lipinski definition) is 6. The second-order valence-corrected chi connectivity index (χ2v) is 7.86. The second-order valence-electron chi connectivity index (χ2n) is 7.86. The fourth-order valence-corrected chi connectivity index (χ4v) is 4.36. The molecule has 1 aliphatic carbocycles. The number of piperidine rings is 1. The molecule has 8 nitrogen and oxygen atoms in total. The Hall–Kier alpha value is -3.72. The van der Waals surface area contributed by atoms with Crippen molar-refractivity contribution >= 4 is 17.2 Å². The maximum atomic E-state index is 14.5. The van der Waals surface area contributed by atoms with E-state index in [1.165, 1.54) is 6.07 Å². The third kappa shape index (κ3) is 4.06. The molecule has 1 N–H and O–H groups in total. The van der Waals surface area contributed by atoms with Gasteiger partial charge < -0.3 is 5.32 Å². The van der Waals surface area contributed by atoms with Crippen LogP contribution in [0, 0.1) is 32.0 Å². The molecule has 9 heteroatoms. The average Bonchev–Trinajstić information content (AvgIpc) is 2.74. The number of ketones is 1. The van der Waals surface area contributed by atoms with Crippen molar-refractivity contribution in [3.63, 3.8) is 0 Å². The van der Waals surface area contributed by atoms with Crippen LogP contribution in [0.25, 0.3) is 0 Å². The zero-order valence-electron chi connectivity index (χ0n) is 16.9. The maximum Gasteiger partial charge on any atom is 0.315 e. The van der Waals surface area contributed by atoms with Crippen LogP contribution >= 0.6 is 0 Å². The Morgan fingerprint density at radius 3 is 2.41 bits per heavy atom. The quantitative estimate of drug-likeness (QED) is 0.427. The van der Waals surface area contributed by atoms with E-state index in [0.717, 1.165) is 11.6 Å². The molecule has 2 aliphatic rings. The monoisotopic (exact) mass is 437 g/mol. The molecular formula is C23H20FN3O5. The summed E-state index contributed by atoms with van der Waals surface area (Å²) in [5, 5.41) is 26.0. The van der Waals surface area contributed by atoms with Gasteiger partial charge >= 0.3 is 11.4 Å². The van der Waals surface area contributed by atoms with Crippen molar-refractivity contribution in [2.75, 3.05) is 0 Å². The molecule has 4 unspecified atom stereocenters. The number of nitrogens with zero attached hydrogens (tertiary/aromatic N) is 2. The predicted octanol–water partition coefficient (Wildman–Crippen LogP) is 4.53. The van der Waals surface area contributed by atoms with E-state index in [2.05, 4.69) is 5.32 Å². The van der Waals surface area contributed by atoms with Crippen molar-refractivity contribution in [2.24, 2.45) is 5.92 Å². The lowest BCUT2D eigenvalue weighted by Gasteiger charge is -2.35. The summed E-state index contributed by atoms with van der Waals surface area (Å²) in [6.07, 6.45) is 7.67. The molecule has 1 aliphatic heterocycles. The number of carbonyl (C=O) groups is 1. The number of nitro groups is 2. The zero-order valence-corrected chi connectivity index (χ0v) is 16.9. The number of rotatable bonds is 4. The number of fused-ring (bicyclic) bond motifs is 1. The molecule has 4 atom stereocenters. The number of hydrogen-bond donors (Lipinski definition) is 1. The first-order chi connectivity index (χ1) is 15.4. The van der Waals surface area contributed by atoms with Crippen LogP contribution in [0.5, 0.6) is 0 Å². The molecule has 0 radical (unpaired) electrons. The van der Waals surface area contributed by atoms with E-state index in [1.54, 1.807) is 12.2 Å². The SMILES string of the molecule is O=C1CC(c2ccccc2)NC2C=CCC(c3ccc([N+](=O)[O-])c(F)c3[N+](=O)[O-])C=CC12. The third-order valence-corrected chi connectivity index (χ3v) is 5.95. The molecule has 2 aromatic carbocycles. The molecule has 0 amide bonds. The summed E-state index contributed by atoms with van der Waals surface area (Å²) in [6, 6.07) is 11.5. The lowest BCUT2D eigenvalue weighted by molar-refractivity contribution is -0.399. The van der Waals surface area contributed by atoms with E-state index < -0.39 is 38.9 Å². The Kier molecular flexibility index (Phi) is 5.91. The Morgan fingerprint density at radius 2 is 1.72 bits per heavy atom. The van der Waals surface area contributed by atoms with Crippen molar-refractivity contribution < 1.29 is 19.0 Å². The van der Waals surface area contributed by atoms with Crippen molar-refractivity contribution in [1.82, 2.24) is 5.32 Å². The molecule has 0 saturated carbocycles. The van der Waals surface area contributed by atoms with E-state index in [-0.39, 0.29) is 23.4 Å². The van der Waals surface area contributed by atoms with Crippen LogP contribution in [0.3, 0.4) is 0 Å². The van der Waals surface area contributed by atoms with Crippen LogP contribution < -0.4 is 5.32 Å².